The van der Waals surface area contributed by atoms with Crippen molar-refractivity contribution in [3.05, 3.63) is 23.8 Å². The predicted octanol–water partition coefficient (Wildman–Crippen LogP) is 2.64. The zero-order chi connectivity index (χ0) is 15.9. The fourth-order valence-electron chi connectivity index (χ4n) is 4.56. The van der Waals surface area contributed by atoms with Crippen LogP contribution in [0.3, 0.4) is 0 Å². The summed E-state index contributed by atoms with van der Waals surface area (Å²) in [5.41, 5.74) is 1.32. The highest BCUT2D eigenvalue weighted by Gasteiger charge is 2.54. The average molecular weight is 303 g/mol. The molecule has 0 aromatic heterocycles. The van der Waals surface area contributed by atoms with Gasteiger partial charge in [-0.1, -0.05) is 13.0 Å². The smallest absolute Gasteiger partial charge is 0.161 e. The van der Waals surface area contributed by atoms with Gasteiger partial charge in [-0.25, -0.2) is 0 Å². The third kappa shape index (κ3) is 2.12. The number of ether oxygens (including phenoxy) is 2. The van der Waals surface area contributed by atoms with Gasteiger partial charge in [0.05, 0.1) is 14.2 Å². The molecular weight excluding hydrogens is 278 g/mol. The third-order valence-electron chi connectivity index (χ3n) is 5.76. The van der Waals surface area contributed by atoms with E-state index in [0.717, 1.165) is 24.5 Å². The van der Waals surface area contributed by atoms with Gasteiger partial charge in [0.1, 0.15) is 5.78 Å². The molecular formula is C18H25NO3. The monoisotopic (exact) mass is 303 g/mol. The summed E-state index contributed by atoms with van der Waals surface area (Å²) < 4.78 is 10.9. The molecule has 0 spiro atoms. The maximum atomic E-state index is 12.1. The van der Waals surface area contributed by atoms with E-state index in [1.807, 2.05) is 6.07 Å². The molecule has 1 aromatic carbocycles. The molecule has 1 saturated heterocycles. The molecule has 1 heterocycles. The highest BCUT2D eigenvalue weighted by atomic mass is 16.5. The van der Waals surface area contributed by atoms with Gasteiger partial charge in [0.15, 0.2) is 11.5 Å². The number of hydrogen-bond donors (Lipinski definition) is 0. The van der Waals surface area contributed by atoms with Crippen LogP contribution in [0.15, 0.2) is 18.2 Å². The summed E-state index contributed by atoms with van der Waals surface area (Å²) in [6.45, 7) is 3.26. The van der Waals surface area contributed by atoms with Crippen LogP contribution in [0.5, 0.6) is 11.5 Å². The van der Waals surface area contributed by atoms with Crippen LogP contribution in [-0.2, 0) is 10.2 Å². The molecule has 0 radical (unpaired) electrons. The van der Waals surface area contributed by atoms with E-state index < -0.39 is 0 Å². The molecule has 0 N–H and O–H groups in total. The molecule has 1 aliphatic carbocycles. The number of hydrogen-bond acceptors (Lipinski definition) is 4. The van der Waals surface area contributed by atoms with Gasteiger partial charge in [-0.2, -0.15) is 0 Å². The Morgan fingerprint density at radius 2 is 1.91 bits per heavy atom. The number of benzene rings is 1. The van der Waals surface area contributed by atoms with Gasteiger partial charge in [-0.05, 0) is 43.6 Å². The van der Waals surface area contributed by atoms with Crippen LogP contribution in [-0.4, -0.2) is 44.5 Å². The minimum absolute atomic E-state index is 0.0439. The second-order valence-corrected chi connectivity index (χ2v) is 6.70. The van der Waals surface area contributed by atoms with E-state index in [1.165, 1.54) is 5.56 Å². The Kier molecular flexibility index (Phi) is 3.89. The van der Waals surface area contributed by atoms with Crippen LogP contribution >= 0.6 is 0 Å². The zero-order valence-electron chi connectivity index (χ0n) is 13.9. The Hall–Kier alpha value is -1.55. The highest BCUT2D eigenvalue weighted by molar-refractivity contribution is 5.81. The highest BCUT2D eigenvalue weighted by Crippen LogP contribution is 2.51. The standard InChI is InChI=1S/C18H25NO3/c1-12-9-14(20)11-17-18(12,7-8-19(17)2)13-5-6-15(21-3)16(10-13)22-4/h5-6,10,12,17H,7-9,11H2,1-4H3/t12?,17?,18-/m1/s1. The molecule has 1 saturated carbocycles. The summed E-state index contributed by atoms with van der Waals surface area (Å²) in [7, 11) is 5.47. The molecule has 1 aliphatic heterocycles. The molecule has 4 nitrogen and oxygen atoms in total. The summed E-state index contributed by atoms with van der Waals surface area (Å²) in [4.78, 5) is 14.4. The molecule has 0 amide bonds. The summed E-state index contributed by atoms with van der Waals surface area (Å²) in [5.74, 6) is 2.26. The number of carbonyl (C=O) groups excluding carboxylic acids is 1. The molecule has 2 unspecified atom stereocenters. The van der Waals surface area contributed by atoms with E-state index in [9.17, 15) is 4.79 Å². The van der Waals surface area contributed by atoms with Crippen molar-refractivity contribution >= 4 is 5.78 Å². The van der Waals surface area contributed by atoms with Crippen molar-refractivity contribution in [2.75, 3.05) is 27.8 Å². The molecule has 0 bridgehead atoms. The summed E-state index contributed by atoms with van der Waals surface area (Å²) in [6.07, 6.45) is 2.44. The Labute approximate surface area is 132 Å². The van der Waals surface area contributed by atoms with E-state index >= 15 is 0 Å². The number of likely N-dealkylation sites (tertiary alicyclic amines) is 1. The first-order chi connectivity index (χ1) is 10.5. The lowest BCUT2D eigenvalue weighted by Crippen LogP contribution is -2.50. The molecule has 120 valence electrons. The van der Waals surface area contributed by atoms with Crippen molar-refractivity contribution in [2.45, 2.75) is 37.6 Å². The summed E-state index contributed by atoms with van der Waals surface area (Å²) in [5, 5.41) is 0. The van der Waals surface area contributed by atoms with Crippen molar-refractivity contribution in [3.8, 4) is 11.5 Å². The van der Waals surface area contributed by atoms with E-state index in [4.69, 9.17) is 9.47 Å². The van der Waals surface area contributed by atoms with Crippen LogP contribution < -0.4 is 9.47 Å². The van der Waals surface area contributed by atoms with Crippen LogP contribution in [0.4, 0.5) is 0 Å². The Morgan fingerprint density at radius 3 is 2.59 bits per heavy atom. The maximum Gasteiger partial charge on any atom is 0.161 e. The predicted molar refractivity (Wildman–Crippen MR) is 85.7 cm³/mol. The van der Waals surface area contributed by atoms with E-state index in [1.54, 1.807) is 14.2 Å². The SMILES string of the molecule is COc1ccc([C@]23CCN(C)C2CC(=O)CC3C)cc1OC. The first-order valence-corrected chi connectivity index (χ1v) is 7.97. The second kappa shape index (κ2) is 5.58. The lowest BCUT2D eigenvalue weighted by Gasteiger charge is -2.46. The Morgan fingerprint density at radius 1 is 1.18 bits per heavy atom. The van der Waals surface area contributed by atoms with E-state index in [-0.39, 0.29) is 5.41 Å². The molecule has 4 heteroatoms. The Balaban J connectivity index is 2.09. The van der Waals surface area contributed by atoms with Gasteiger partial charge in [-0.3, -0.25) is 4.79 Å². The zero-order valence-corrected chi connectivity index (χ0v) is 13.9. The second-order valence-electron chi connectivity index (χ2n) is 6.70. The maximum absolute atomic E-state index is 12.1. The quantitative estimate of drug-likeness (QED) is 0.860. The normalized spacial score (nSPS) is 31.9. The lowest BCUT2D eigenvalue weighted by atomic mass is 9.60. The number of methoxy groups -OCH3 is 2. The van der Waals surface area contributed by atoms with E-state index in [0.29, 0.717) is 30.6 Å². The molecule has 3 rings (SSSR count). The van der Waals surface area contributed by atoms with Crippen molar-refractivity contribution in [3.63, 3.8) is 0 Å². The molecule has 2 aliphatic rings. The van der Waals surface area contributed by atoms with Crippen molar-refractivity contribution < 1.29 is 14.3 Å². The number of nitrogens with zero attached hydrogens (tertiary/aromatic N) is 1. The fourth-order valence-corrected chi connectivity index (χ4v) is 4.56. The third-order valence-corrected chi connectivity index (χ3v) is 5.76. The fraction of sp³-hybridized carbons (Fsp3) is 0.611. The van der Waals surface area contributed by atoms with Crippen molar-refractivity contribution in [1.82, 2.24) is 4.90 Å². The summed E-state index contributed by atoms with van der Waals surface area (Å²) in [6, 6.07) is 6.54. The Bertz CT molecular complexity index is 586. The lowest BCUT2D eigenvalue weighted by molar-refractivity contribution is -0.124. The number of rotatable bonds is 3. The van der Waals surface area contributed by atoms with Crippen LogP contribution in [0, 0.1) is 5.92 Å². The summed E-state index contributed by atoms with van der Waals surface area (Å²) >= 11 is 0. The minimum atomic E-state index is 0.0439. The number of carbonyl (C=O) groups is 1. The van der Waals surface area contributed by atoms with E-state index in [2.05, 4.69) is 31.0 Å². The molecule has 2 fully saturated rings. The van der Waals surface area contributed by atoms with Gasteiger partial charge in [0.25, 0.3) is 0 Å². The van der Waals surface area contributed by atoms with Crippen LogP contribution in [0.25, 0.3) is 0 Å². The van der Waals surface area contributed by atoms with Gasteiger partial charge < -0.3 is 14.4 Å². The first-order valence-electron chi connectivity index (χ1n) is 7.97. The molecule has 1 aromatic rings. The van der Waals surface area contributed by atoms with Crippen LogP contribution in [0.1, 0.15) is 31.7 Å². The van der Waals surface area contributed by atoms with Crippen molar-refractivity contribution in [1.29, 1.82) is 0 Å². The average Bonchev–Trinajstić information content (AvgIpc) is 2.85. The molecule has 22 heavy (non-hydrogen) atoms. The van der Waals surface area contributed by atoms with Gasteiger partial charge in [-0.15, -0.1) is 0 Å². The number of ketones is 1. The topological polar surface area (TPSA) is 38.8 Å². The van der Waals surface area contributed by atoms with Gasteiger partial charge in [0, 0.05) is 24.3 Å². The number of Topliss-reactive ketones (excluding diaryl/α,β-unsaturated/α-hetero) is 1. The minimum Gasteiger partial charge on any atom is -0.493 e. The van der Waals surface area contributed by atoms with Gasteiger partial charge in [0.2, 0.25) is 0 Å². The van der Waals surface area contributed by atoms with Crippen LogP contribution in [0.2, 0.25) is 0 Å². The number of likely N-dealkylation sites (N-methyl/N-ethyl adjacent to an activating group) is 1. The van der Waals surface area contributed by atoms with Crippen molar-refractivity contribution in [2.24, 2.45) is 5.92 Å². The first kappa shape index (κ1) is 15.3. The molecule has 3 atom stereocenters. The van der Waals surface area contributed by atoms with Gasteiger partial charge >= 0.3 is 0 Å². The largest absolute Gasteiger partial charge is 0.493 e. The number of fused-ring (bicyclic) bond motifs is 1.